The van der Waals surface area contributed by atoms with E-state index in [4.69, 9.17) is 9.47 Å². The van der Waals surface area contributed by atoms with Gasteiger partial charge in [0, 0.05) is 5.56 Å². The molecule has 0 atom stereocenters. The zero-order valence-electron chi connectivity index (χ0n) is 17.6. The van der Waals surface area contributed by atoms with Crippen LogP contribution in [0.4, 0.5) is 9.18 Å². The first-order chi connectivity index (χ1) is 16.0. The first-order valence-corrected chi connectivity index (χ1v) is 11.9. The van der Waals surface area contributed by atoms with Crippen molar-refractivity contribution < 1.29 is 23.5 Å². The molecule has 0 unspecified atom stereocenters. The van der Waals surface area contributed by atoms with Crippen molar-refractivity contribution in [3.63, 3.8) is 0 Å². The van der Waals surface area contributed by atoms with E-state index in [2.05, 4.69) is 22.6 Å². The van der Waals surface area contributed by atoms with E-state index in [1.54, 1.807) is 30.3 Å². The number of amides is 2. The van der Waals surface area contributed by atoms with E-state index in [0.717, 1.165) is 20.9 Å². The zero-order valence-corrected chi connectivity index (χ0v) is 20.6. The van der Waals surface area contributed by atoms with E-state index >= 15 is 0 Å². The number of rotatable bonds is 7. The molecule has 5 nitrogen and oxygen atoms in total. The minimum absolute atomic E-state index is 0.0523. The molecule has 0 saturated carbocycles. The van der Waals surface area contributed by atoms with Gasteiger partial charge in [0.1, 0.15) is 12.4 Å². The maximum absolute atomic E-state index is 13.9. The highest BCUT2D eigenvalue weighted by molar-refractivity contribution is 14.1. The summed E-state index contributed by atoms with van der Waals surface area (Å²) in [6.45, 7) is 0.281. The number of hydrogen-bond acceptors (Lipinski definition) is 5. The van der Waals surface area contributed by atoms with E-state index in [-0.39, 0.29) is 30.1 Å². The molecule has 1 aliphatic heterocycles. The van der Waals surface area contributed by atoms with E-state index in [1.807, 2.05) is 36.4 Å². The average Bonchev–Trinajstić information content (AvgIpc) is 3.07. The lowest BCUT2D eigenvalue weighted by Crippen LogP contribution is -2.27. The third-order valence-electron chi connectivity index (χ3n) is 4.94. The second kappa shape index (κ2) is 10.4. The van der Waals surface area contributed by atoms with Crippen LogP contribution in [0.2, 0.25) is 0 Å². The maximum Gasteiger partial charge on any atom is 0.293 e. The fraction of sp³-hybridized carbons (Fsp3) is 0.120. The van der Waals surface area contributed by atoms with Gasteiger partial charge in [-0.2, -0.15) is 0 Å². The van der Waals surface area contributed by atoms with Gasteiger partial charge in [-0.05, 0) is 69.8 Å². The Labute approximate surface area is 208 Å². The highest BCUT2D eigenvalue weighted by Crippen LogP contribution is 2.38. The molecule has 1 saturated heterocycles. The van der Waals surface area contributed by atoms with Crippen molar-refractivity contribution in [1.82, 2.24) is 4.90 Å². The molecule has 0 bridgehead atoms. The summed E-state index contributed by atoms with van der Waals surface area (Å²) in [5, 5.41) is -0.304. The normalized spacial score (nSPS) is 14.8. The van der Waals surface area contributed by atoms with Crippen molar-refractivity contribution in [3.8, 4) is 11.5 Å². The Kier molecular flexibility index (Phi) is 7.34. The molecule has 1 aliphatic rings. The summed E-state index contributed by atoms with van der Waals surface area (Å²) in [7, 11) is 1.51. The molecule has 4 rings (SSSR count). The average molecular weight is 575 g/mol. The van der Waals surface area contributed by atoms with Crippen LogP contribution in [0.25, 0.3) is 6.08 Å². The molecule has 33 heavy (non-hydrogen) atoms. The van der Waals surface area contributed by atoms with E-state index < -0.39 is 0 Å². The number of benzene rings is 3. The van der Waals surface area contributed by atoms with Crippen LogP contribution in [0.1, 0.15) is 16.7 Å². The minimum Gasteiger partial charge on any atom is -0.493 e. The van der Waals surface area contributed by atoms with Crippen LogP contribution in [0.3, 0.4) is 0 Å². The Balaban J connectivity index is 1.54. The van der Waals surface area contributed by atoms with E-state index in [9.17, 15) is 14.0 Å². The summed E-state index contributed by atoms with van der Waals surface area (Å²) in [5.41, 5.74) is 2.01. The Morgan fingerprint density at radius 2 is 1.79 bits per heavy atom. The van der Waals surface area contributed by atoms with Crippen LogP contribution in [0, 0.1) is 9.39 Å². The smallest absolute Gasteiger partial charge is 0.293 e. The van der Waals surface area contributed by atoms with Gasteiger partial charge in [0.2, 0.25) is 0 Å². The largest absolute Gasteiger partial charge is 0.493 e. The van der Waals surface area contributed by atoms with Crippen LogP contribution < -0.4 is 9.47 Å². The van der Waals surface area contributed by atoms with Crippen molar-refractivity contribution in [2.45, 2.75) is 13.2 Å². The first kappa shape index (κ1) is 23.3. The standard InChI is InChI=1S/C25H19FINO4S/c1-31-21-12-17(11-20(27)23(21)32-15-18-9-5-6-10-19(18)26)13-22-24(29)28(25(30)33-22)14-16-7-3-2-4-8-16/h2-13H,14-15H2,1H3/b22-13-. The molecule has 0 aliphatic carbocycles. The van der Waals surface area contributed by atoms with Gasteiger partial charge in [-0.15, -0.1) is 0 Å². The summed E-state index contributed by atoms with van der Waals surface area (Å²) in [5.74, 6) is 0.265. The highest BCUT2D eigenvalue weighted by Gasteiger charge is 2.35. The Hall–Kier alpha value is -2.85. The van der Waals surface area contributed by atoms with Gasteiger partial charge in [0.15, 0.2) is 11.5 Å². The van der Waals surface area contributed by atoms with Gasteiger partial charge >= 0.3 is 0 Å². The lowest BCUT2D eigenvalue weighted by Gasteiger charge is -2.14. The lowest BCUT2D eigenvalue weighted by atomic mass is 10.1. The molecule has 0 N–H and O–H groups in total. The molecular formula is C25H19FINO4S. The van der Waals surface area contributed by atoms with Crippen LogP contribution in [-0.2, 0) is 17.9 Å². The summed E-state index contributed by atoms with van der Waals surface area (Å²) >= 11 is 3.02. The first-order valence-electron chi connectivity index (χ1n) is 9.99. The Morgan fingerprint density at radius 3 is 2.52 bits per heavy atom. The third kappa shape index (κ3) is 5.39. The number of thioether (sulfide) groups is 1. The van der Waals surface area contributed by atoms with Gasteiger partial charge < -0.3 is 9.47 Å². The van der Waals surface area contributed by atoms with Crippen LogP contribution in [-0.4, -0.2) is 23.2 Å². The van der Waals surface area contributed by atoms with Crippen molar-refractivity contribution in [3.05, 3.63) is 97.7 Å². The highest BCUT2D eigenvalue weighted by atomic mass is 127. The number of imide groups is 1. The number of carbonyl (C=O) groups is 2. The number of ether oxygens (including phenoxy) is 2. The van der Waals surface area contributed by atoms with Crippen LogP contribution >= 0.6 is 34.4 Å². The quantitative estimate of drug-likeness (QED) is 0.246. The molecular weight excluding hydrogens is 556 g/mol. The van der Waals surface area contributed by atoms with Gasteiger partial charge in [-0.25, -0.2) is 4.39 Å². The summed E-state index contributed by atoms with van der Waals surface area (Å²) in [4.78, 5) is 26.9. The zero-order chi connectivity index (χ0) is 23.4. The number of halogens is 2. The molecule has 8 heteroatoms. The molecule has 2 amide bonds. The number of carbonyl (C=O) groups excluding carboxylic acids is 2. The monoisotopic (exact) mass is 575 g/mol. The summed E-state index contributed by atoms with van der Waals surface area (Å²) in [6.07, 6.45) is 1.67. The van der Waals surface area contributed by atoms with Crippen molar-refractivity contribution in [2.75, 3.05) is 7.11 Å². The summed E-state index contributed by atoms with van der Waals surface area (Å²) < 4.78 is 26.0. The second-order valence-electron chi connectivity index (χ2n) is 7.17. The SMILES string of the molecule is COc1cc(/C=C2\SC(=O)N(Cc3ccccc3)C2=O)cc(I)c1OCc1ccccc1F. The number of nitrogens with zero attached hydrogens (tertiary/aromatic N) is 1. The van der Waals surface area contributed by atoms with Crippen LogP contribution in [0.15, 0.2) is 71.6 Å². The molecule has 3 aromatic carbocycles. The number of methoxy groups -OCH3 is 1. The van der Waals surface area contributed by atoms with Crippen molar-refractivity contribution in [2.24, 2.45) is 0 Å². The summed E-state index contributed by atoms with van der Waals surface area (Å²) in [6, 6.07) is 19.3. The van der Waals surface area contributed by atoms with Crippen molar-refractivity contribution in [1.29, 1.82) is 0 Å². The second-order valence-corrected chi connectivity index (χ2v) is 9.32. The minimum atomic E-state index is -0.339. The topological polar surface area (TPSA) is 55.8 Å². The van der Waals surface area contributed by atoms with Crippen LogP contribution in [0.5, 0.6) is 11.5 Å². The molecule has 0 spiro atoms. The van der Waals surface area contributed by atoms with Crippen molar-refractivity contribution >= 4 is 51.6 Å². The predicted molar refractivity (Wildman–Crippen MR) is 134 cm³/mol. The third-order valence-corrected chi connectivity index (χ3v) is 6.65. The maximum atomic E-state index is 13.9. The van der Waals surface area contributed by atoms with Gasteiger partial charge in [-0.3, -0.25) is 14.5 Å². The van der Waals surface area contributed by atoms with Gasteiger partial charge in [-0.1, -0.05) is 48.5 Å². The molecule has 3 aromatic rings. The van der Waals surface area contributed by atoms with E-state index in [1.165, 1.54) is 18.1 Å². The number of hydrogen-bond donors (Lipinski definition) is 0. The van der Waals surface area contributed by atoms with Gasteiger partial charge in [0.05, 0.1) is 22.1 Å². The molecule has 0 radical (unpaired) electrons. The van der Waals surface area contributed by atoms with Gasteiger partial charge in [0.25, 0.3) is 11.1 Å². The van der Waals surface area contributed by atoms with E-state index in [0.29, 0.717) is 27.5 Å². The molecule has 1 fully saturated rings. The molecule has 168 valence electrons. The Bertz CT molecular complexity index is 1230. The molecule has 1 heterocycles. The predicted octanol–water partition coefficient (Wildman–Crippen LogP) is 6.25. The fourth-order valence-corrected chi connectivity index (χ4v) is 4.90. The Morgan fingerprint density at radius 1 is 1.06 bits per heavy atom. The fourth-order valence-electron chi connectivity index (χ4n) is 3.28. The lowest BCUT2D eigenvalue weighted by molar-refractivity contribution is -0.123. The molecule has 0 aromatic heterocycles.